The molecule has 0 radical (unpaired) electrons. The Bertz CT molecular complexity index is 818. The molecular formula is C17H17N5. The average Bonchev–Trinajstić information content (AvgIpc) is 2.81. The Morgan fingerprint density at radius 3 is 2.45 bits per heavy atom. The van der Waals surface area contributed by atoms with E-state index in [1.807, 2.05) is 68.4 Å². The summed E-state index contributed by atoms with van der Waals surface area (Å²) in [5.41, 5.74) is 10.4. The highest BCUT2D eigenvalue weighted by molar-refractivity contribution is 5.64. The van der Waals surface area contributed by atoms with Crippen molar-refractivity contribution in [1.29, 1.82) is 0 Å². The van der Waals surface area contributed by atoms with Gasteiger partial charge in [0.15, 0.2) is 11.5 Å². The molecule has 3 rings (SSSR count). The van der Waals surface area contributed by atoms with Crippen LogP contribution in [0.2, 0.25) is 0 Å². The molecule has 1 heterocycles. The van der Waals surface area contributed by atoms with Crippen LogP contribution in [0, 0.1) is 13.8 Å². The molecule has 0 aliphatic rings. The highest BCUT2D eigenvalue weighted by Gasteiger charge is 2.13. The molecule has 2 N–H and O–H groups in total. The average molecular weight is 291 g/mol. The zero-order valence-electron chi connectivity index (χ0n) is 12.6. The van der Waals surface area contributed by atoms with Crippen LogP contribution in [0.4, 0.5) is 17.2 Å². The van der Waals surface area contributed by atoms with Crippen LogP contribution in [-0.2, 0) is 0 Å². The minimum atomic E-state index is 0.486. The van der Waals surface area contributed by atoms with Crippen molar-refractivity contribution in [3.63, 3.8) is 0 Å². The highest BCUT2D eigenvalue weighted by atomic mass is 15.3. The number of benzene rings is 2. The Hall–Kier alpha value is -2.95. The number of rotatable bonds is 3. The maximum atomic E-state index is 6.18. The molecule has 0 aliphatic heterocycles. The molecule has 0 atom stereocenters. The third-order valence-electron chi connectivity index (χ3n) is 3.33. The molecule has 5 nitrogen and oxygen atoms in total. The van der Waals surface area contributed by atoms with Gasteiger partial charge in [0.2, 0.25) is 0 Å². The van der Waals surface area contributed by atoms with Crippen LogP contribution in [-0.4, -0.2) is 9.78 Å². The van der Waals surface area contributed by atoms with Crippen molar-refractivity contribution in [1.82, 2.24) is 9.78 Å². The number of hydrogen-bond acceptors (Lipinski definition) is 4. The van der Waals surface area contributed by atoms with E-state index in [4.69, 9.17) is 5.73 Å². The van der Waals surface area contributed by atoms with Crippen molar-refractivity contribution in [3.8, 4) is 5.69 Å². The molecule has 3 aromatic rings. The molecular weight excluding hydrogens is 274 g/mol. The lowest BCUT2D eigenvalue weighted by molar-refractivity contribution is 0.872. The van der Waals surface area contributed by atoms with E-state index in [1.165, 1.54) is 0 Å². The van der Waals surface area contributed by atoms with Gasteiger partial charge in [0, 0.05) is 0 Å². The van der Waals surface area contributed by atoms with Crippen LogP contribution < -0.4 is 5.73 Å². The first-order chi connectivity index (χ1) is 10.6. The zero-order valence-corrected chi connectivity index (χ0v) is 12.6. The normalized spacial score (nSPS) is 11.2. The van der Waals surface area contributed by atoms with Gasteiger partial charge in [0.05, 0.1) is 17.1 Å². The number of aryl methyl sites for hydroxylation is 2. The lowest BCUT2D eigenvalue weighted by atomic mass is 10.2. The molecule has 0 bridgehead atoms. The van der Waals surface area contributed by atoms with Crippen LogP contribution >= 0.6 is 0 Å². The predicted octanol–water partition coefficient (Wildman–Crippen LogP) is 4.49. The van der Waals surface area contributed by atoms with Gasteiger partial charge < -0.3 is 5.73 Å². The third-order valence-corrected chi connectivity index (χ3v) is 3.33. The molecule has 5 heteroatoms. The summed E-state index contributed by atoms with van der Waals surface area (Å²) in [5, 5.41) is 13.0. The standard InChI is InChI=1S/C17H17N5/c1-12-7-6-8-14(11-12)19-20-16-13(2)21-22(17(16)18)15-9-4-3-5-10-15/h3-11H,18H2,1-2H3. The van der Waals surface area contributed by atoms with Crippen molar-refractivity contribution in [2.45, 2.75) is 13.8 Å². The minimum Gasteiger partial charge on any atom is -0.382 e. The SMILES string of the molecule is Cc1cccc(N=Nc2c(C)nn(-c3ccccc3)c2N)c1. The molecule has 0 aliphatic carbocycles. The summed E-state index contributed by atoms with van der Waals surface area (Å²) >= 11 is 0. The summed E-state index contributed by atoms with van der Waals surface area (Å²) in [6.07, 6.45) is 0. The maximum Gasteiger partial charge on any atom is 0.155 e. The summed E-state index contributed by atoms with van der Waals surface area (Å²) in [4.78, 5) is 0. The number of nitrogens with zero attached hydrogens (tertiary/aromatic N) is 4. The molecule has 0 saturated heterocycles. The molecule has 0 fully saturated rings. The molecule has 0 unspecified atom stereocenters. The van der Waals surface area contributed by atoms with E-state index in [2.05, 4.69) is 15.3 Å². The van der Waals surface area contributed by atoms with Gasteiger partial charge >= 0.3 is 0 Å². The number of azo groups is 1. The molecule has 110 valence electrons. The second-order valence-electron chi connectivity index (χ2n) is 5.11. The summed E-state index contributed by atoms with van der Waals surface area (Å²) in [5.74, 6) is 0.486. The van der Waals surface area contributed by atoms with Crippen molar-refractivity contribution in [3.05, 3.63) is 65.9 Å². The van der Waals surface area contributed by atoms with Crippen molar-refractivity contribution < 1.29 is 0 Å². The lowest BCUT2D eigenvalue weighted by Crippen LogP contribution is -2.01. The predicted molar refractivity (Wildman–Crippen MR) is 88.1 cm³/mol. The number of anilines is 1. The van der Waals surface area contributed by atoms with E-state index < -0.39 is 0 Å². The molecule has 0 spiro atoms. The van der Waals surface area contributed by atoms with Gasteiger partial charge in [-0.25, -0.2) is 4.68 Å². The van der Waals surface area contributed by atoms with Crippen LogP contribution in [0.1, 0.15) is 11.3 Å². The number of para-hydroxylation sites is 1. The second kappa shape index (κ2) is 5.81. The van der Waals surface area contributed by atoms with E-state index in [9.17, 15) is 0 Å². The molecule has 22 heavy (non-hydrogen) atoms. The van der Waals surface area contributed by atoms with E-state index in [0.29, 0.717) is 11.5 Å². The summed E-state index contributed by atoms with van der Waals surface area (Å²) in [7, 11) is 0. The van der Waals surface area contributed by atoms with Crippen LogP contribution in [0.25, 0.3) is 5.69 Å². The smallest absolute Gasteiger partial charge is 0.155 e. The second-order valence-corrected chi connectivity index (χ2v) is 5.11. The van der Waals surface area contributed by atoms with Crippen LogP contribution in [0.3, 0.4) is 0 Å². The number of hydrogen-bond donors (Lipinski definition) is 1. The first kappa shape index (κ1) is 14.0. The van der Waals surface area contributed by atoms with Gasteiger partial charge in [-0.15, -0.1) is 5.11 Å². The minimum absolute atomic E-state index is 0.486. The Morgan fingerprint density at radius 1 is 0.955 bits per heavy atom. The Labute approximate surface area is 129 Å². The number of nitrogen functional groups attached to an aromatic ring is 1. The highest BCUT2D eigenvalue weighted by Crippen LogP contribution is 2.30. The van der Waals surface area contributed by atoms with Crippen LogP contribution in [0.5, 0.6) is 0 Å². The Balaban J connectivity index is 1.97. The summed E-state index contributed by atoms with van der Waals surface area (Å²) in [6, 6.07) is 17.6. The van der Waals surface area contributed by atoms with Gasteiger partial charge in [-0.1, -0.05) is 30.3 Å². The monoisotopic (exact) mass is 291 g/mol. The third kappa shape index (κ3) is 2.74. The topological polar surface area (TPSA) is 68.6 Å². The number of nitrogens with two attached hydrogens (primary N) is 1. The van der Waals surface area contributed by atoms with E-state index in [0.717, 1.165) is 22.6 Å². The fourth-order valence-electron chi connectivity index (χ4n) is 2.22. The molecule has 2 aromatic carbocycles. The van der Waals surface area contributed by atoms with E-state index in [-0.39, 0.29) is 0 Å². The van der Waals surface area contributed by atoms with Crippen molar-refractivity contribution in [2.24, 2.45) is 10.2 Å². The summed E-state index contributed by atoms with van der Waals surface area (Å²) in [6.45, 7) is 3.90. The van der Waals surface area contributed by atoms with Crippen molar-refractivity contribution in [2.75, 3.05) is 5.73 Å². The van der Waals surface area contributed by atoms with Crippen molar-refractivity contribution >= 4 is 17.2 Å². The first-order valence-corrected chi connectivity index (χ1v) is 7.04. The Kier molecular flexibility index (Phi) is 3.70. The summed E-state index contributed by atoms with van der Waals surface area (Å²) < 4.78 is 1.68. The number of aromatic nitrogens is 2. The molecule has 0 amide bonds. The van der Waals surface area contributed by atoms with Gasteiger partial charge in [0.1, 0.15) is 0 Å². The van der Waals surface area contributed by atoms with E-state index >= 15 is 0 Å². The maximum absolute atomic E-state index is 6.18. The Morgan fingerprint density at radius 2 is 1.73 bits per heavy atom. The van der Waals surface area contributed by atoms with Gasteiger partial charge in [0.25, 0.3) is 0 Å². The fourth-order valence-corrected chi connectivity index (χ4v) is 2.22. The van der Waals surface area contributed by atoms with Gasteiger partial charge in [-0.2, -0.15) is 10.2 Å². The first-order valence-electron chi connectivity index (χ1n) is 7.04. The van der Waals surface area contributed by atoms with Gasteiger partial charge in [-0.05, 0) is 43.7 Å². The zero-order chi connectivity index (χ0) is 15.5. The van der Waals surface area contributed by atoms with Crippen LogP contribution in [0.15, 0.2) is 64.8 Å². The fraction of sp³-hybridized carbons (Fsp3) is 0.118. The largest absolute Gasteiger partial charge is 0.382 e. The quantitative estimate of drug-likeness (QED) is 0.722. The van der Waals surface area contributed by atoms with E-state index in [1.54, 1.807) is 4.68 Å². The molecule has 0 saturated carbocycles. The van der Waals surface area contributed by atoms with Gasteiger partial charge in [-0.3, -0.25) is 0 Å². The molecule has 1 aromatic heterocycles. The lowest BCUT2D eigenvalue weighted by Gasteiger charge is -2.02.